The Bertz CT molecular complexity index is 668. The largest absolute Gasteiger partial charge is 0.398 e. The van der Waals surface area contributed by atoms with E-state index in [9.17, 15) is 4.79 Å². The number of thiophene rings is 1. The number of halogens is 1. The third-order valence-corrected chi connectivity index (χ3v) is 5.27. The van der Waals surface area contributed by atoms with E-state index in [1.165, 1.54) is 10.4 Å². The summed E-state index contributed by atoms with van der Waals surface area (Å²) in [4.78, 5) is 16.0. The number of rotatable bonds is 1. The van der Waals surface area contributed by atoms with E-state index in [1.54, 1.807) is 23.5 Å². The van der Waals surface area contributed by atoms with Gasteiger partial charge in [-0.15, -0.1) is 11.3 Å². The van der Waals surface area contributed by atoms with Crippen LogP contribution in [0.5, 0.6) is 0 Å². The zero-order valence-corrected chi connectivity index (χ0v) is 13.5. The van der Waals surface area contributed by atoms with Gasteiger partial charge in [-0.25, -0.2) is 0 Å². The number of amides is 1. The third-order valence-electron chi connectivity index (χ3n) is 3.78. The molecule has 3 nitrogen and oxygen atoms in total. The predicted molar refractivity (Wildman–Crippen MR) is 86.0 cm³/mol. The number of carbonyl (C=O) groups excluding carboxylic acids is 1. The van der Waals surface area contributed by atoms with Gasteiger partial charge in [0.25, 0.3) is 5.91 Å². The molecule has 1 aromatic heterocycles. The smallest absolute Gasteiger partial charge is 0.256 e. The average molecular weight is 351 g/mol. The molecule has 20 heavy (non-hydrogen) atoms. The van der Waals surface area contributed by atoms with Crippen LogP contribution in [0.15, 0.2) is 34.1 Å². The highest BCUT2D eigenvalue weighted by atomic mass is 79.9. The summed E-state index contributed by atoms with van der Waals surface area (Å²) in [5.74, 6) is 0.00755. The van der Waals surface area contributed by atoms with Gasteiger partial charge in [0.15, 0.2) is 0 Å². The van der Waals surface area contributed by atoms with Crippen molar-refractivity contribution in [3.63, 3.8) is 0 Å². The maximum absolute atomic E-state index is 12.7. The topological polar surface area (TPSA) is 46.3 Å². The lowest BCUT2D eigenvalue weighted by atomic mass is 10.00. The Hall–Kier alpha value is -1.33. The lowest BCUT2D eigenvalue weighted by Crippen LogP contribution is -2.38. The van der Waals surface area contributed by atoms with Crippen molar-refractivity contribution in [2.24, 2.45) is 0 Å². The molecule has 1 aliphatic heterocycles. The van der Waals surface area contributed by atoms with Crippen LogP contribution in [0.1, 0.15) is 33.8 Å². The van der Waals surface area contributed by atoms with Gasteiger partial charge in [-0.1, -0.05) is 15.9 Å². The first-order valence-corrected chi connectivity index (χ1v) is 8.17. The van der Waals surface area contributed by atoms with Crippen molar-refractivity contribution >= 4 is 38.9 Å². The number of carbonyl (C=O) groups is 1. The summed E-state index contributed by atoms with van der Waals surface area (Å²) in [5, 5.41) is 2.10. The molecule has 1 unspecified atom stereocenters. The Kier molecular flexibility index (Phi) is 3.56. The summed E-state index contributed by atoms with van der Waals surface area (Å²) in [5.41, 5.74) is 8.32. The summed E-state index contributed by atoms with van der Waals surface area (Å²) >= 11 is 5.17. The number of nitrogens with two attached hydrogens (primary N) is 1. The lowest BCUT2D eigenvalue weighted by molar-refractivity contribution is 0.0680. The van der Waals surface area contributed by atoms with Crippen LogP contribution < -0.4 is 5.73 Å². The molecule has 3 rings (SSSR count). The van der Waals surface area contributed by atoms with Crippen molar-refractivity contribution in [1.82, 2.24) is 4.90 Å². The van der Waals surface area contributed by atoms with E-state index in [-0.39, 0.29) is 11.9 Å². The van der Waals surface area contributed by atoms with Crippen LogP contribution >= 0.6 is 27.3 Å². The maximum atomic E-state index is 12.7. The van der Waals surface area contributed by atoms with E-state index in [0.29, 0.717) is 11.3 Å². The molecule has 1 atom stereocenters. The Balaban J connectivity index is 1.94. The van der Waals surface area contributed by atoms with Crippen LogP contribution in [-0.4, -0.2) is 17.4 Å². The molecule has 2 N–H and O–H groups in total. The number of hydrogen-bond acceptors (Lipinski definition) is 3. The normalized spacial score (nSPS) is 17.9. The van der Waals surface area contributed by atoms with Gasteiger partial charge in [-0.2, -0.15) is 0 Å². The highest BCUT2D eigenvalue weighted by Gasteiger charge is 2.29. The van der Waals surface area contributed by atoms with E-state index < -0.39 is 0 Å². The monoisotopic (exact) mass is 350 g/mol. The molecule has 0 aliphatic carbocycles. The first-order chi connectivity index (χ1) is 9.58. The van der Waals surface area contributed by atoms with Gasteiger partial charge in [0.05, 0.1) is 11.6 Å². The van der Waals surface area contributed by atoms with Crippen molar-refractivity contribution < 1.29 is 4.79 Å². The highest BCUT2D eigenvalue weighted by molar-refractivity contribution is 9.10. The van der Waals surface area contributed by atoms with Crippen LogP contribution in [0.4, 0.5) is 5.69 Å². The number of hydrogen-bond donors (Lipinski definition) is 1. The van der Waals surface area contributed by atoms with Gasteiger partial charge < -0.3 is 10.6 Å². The Morgan fingerprint density at radius 3 is 3.05 bits per heavy atom. The Morgan fingerprint density at radius 2 is 2.25 bits per heavy atom. The fraction of sp³-hybridized carbons (Fsp3) is 0.267. The molecule has 0 fully saturated rings. The fourth-order valence-electron chi connectivity index (χ4n) is 2.66. The van der Waals surface area contributed by atoms with Crippen molar-refractivity contribution in [2.45, 2.75) is 19.4 Å². The van der Waals surface area contributed by atoms with Gasteiger partial charge in [-0.05, 0) is 48.6 Å². The van der Waals surface area contributed by atoms with Crippen LogP contribution in [0.2, 0.25) is 0 Å². The standard InChI is InChI=1S/C15H15BrN2OS/c1-9-11-5-7-20-14(11)4-6-18(9)15(19)12-8-10(16)2-3-13(12)17/h2-3,5,7-9H,4,6,17H2,1H3. The van der Waals surface area contributed by atoms with Crippen LogP contribution in [-0.2, 0) is 6.42 Å². The number of anilines is 1. The SMILES string of the molecule is CC1c2ccsc2CCN1C(=O)c1cc(Br)ccc1N. The summed E-state index contributed by atoms with van der Waals surface area (Å²) in [7, 11) is 0. The van der Waals surface area contributed by atoms with E-state index >= 15 is 0 Å². The molecule has 1 aromatic carbocycles. The van der Waals surface area contributed by atoms with Crippen LogP contribution in [0.25, 0.3) is 0 Å². The number of nitrogen functional groups attached to an aromatic ring is 1. The highest BCUT2D eigenvalue weighted by Crippen LogP contribution is 2.34. The predicted octanol–water partition coefficient (Wildman–Crippen LogP) is 3.85. The molecular weight excluding hydrogens is 336 g/mol. The fourth-order valence-corrected chi connectivity index (χ4v) is 3.98. The first kappa shape index (κ1) is 13.6. The van der Waals surface area contributed by atoms with Crippen molar-refractivity contribution in [2.75, 3.05) is 12.3 Å². The zero-order valence-electron chi connectivity index (χ0n) is 11.1. The summed E-state index contributed by atoms with van der Waals surface area (Å²) in [6, 6.07) is 7.64. The van der Waals surface area contributed by atoms with Gasteiger partial charge in [-0.3, -0.25) is 4.79 Å². The molecule has 1 amide bonds. The van der Waals surface area contributed by atoms with Crippen molar-refractivity contribution in [1.29, 1.82) is 0 Å². The number of fused-ring (bicyclic) bond motifs is 1. The van der Waals surface area contributed by atoms with Crippen LogP contribution in [0, 0.1) is 0 Å². The molecule has 0 saturated carbocycles. The number of nitrogens with zero attached hydrogens (tertiary/aromatic N) is 1. The minimum atomic E-state index is 0.00755. The zero-order chi connectivity index (χ0) is 14.3. The second-order valence-corrected chi connectivity index (χ2v) is 6.87. The third kappa shape index (κ3) is 2.25. The van der Waals surface area contributed by atoms with E-state index in [1.807, 2.05) is 11.0 Å². The first-order valence-electron chi connectivity index (χ1n) is 6.50. The summed E-state index contributed by atoms with van der Waals surface area (Å²) in [6.45, 7) is 2.83. The summed E-state index contributed by atoms with van der Waals surface area (Å²) in [6.07, 6.45) is 0.928. The van der Waals surface area contributed by atoms with Gasteiger partial charge in [0.2, 0.25) is 0 Å². The second-order valence-electron chi connectivity index (χ2n) is 4.96. The molecule has 0 saturated heterocycles. The second kappa shape index (κ2) is 5.22. The van der Waals surface area contributed by atoms with Gasteiger partial charge >= 0.3 is 0 Å². The molecule has 0 spiro atoms. The average Bonchev–Trinajstić information content (AvgIpc) is 2.90. The molecular formula is C15H15BrN2OS. The molecule has 104 valence electrons. The maximum Gasteiger partial charge on any atom is 0.256 e. The molecule has 1 aliphatic rings. The Labute approximate surface area is 130 Å². The van der Waals surface area contributed by atoms with Crippen LogP contribution in [0.3, 0.4) is 0 Å². The van der Waals surface area contributed by atoms with Gasteiger partial charge in [0.1, 0.15) is 0 Å². The van der Waals surface area contributed by atoms with E-state index in [2.05, 4.69) is 34.3 Å². The summed E-state index contributed by atoms with van der Waals surface area (Å²) < 4.78 is 0.871. The minimum Gasteiger partial charge on any atom is -0.398 e. The van der Waals surface area contributed by atoms with E-state index in [4.69, 9.17) is 5.73 Å². The number of benzene rings is 1. The van der Waals surface area contributed by atoms with Crippen molar-refractivity contribution in [3.05, 3.63) is 50.1 Å². The molecule has 2 heterocycles. The molecule has 5 heteroatoms. The Morgan fingerprint density at radius 1 is 1.45 bits per heavy atom. The quantitative estimate of drug-likeness (QED) is 0.794. The molecule has 0 radical (unpaired) electrons. The van der Waals surface area contributed by atoms with E-state index in [0.717, 1.165) is 17.4 Å². The minimum absolute atomic E-state index is 0.00755. The molecule has 0 bridgehead atoms. The van der Waals surface area contributed by atoms with Gasteiger partial charge in [0, 0.05) is 21.6 Å². The lowest BCUT2D eigenvalue weighted by Gasteiger charge is -2.34. The molecule has 2 aromatic rings. The van der Waals surface area contributed by atoms with Crippen molar-refractivity contribution in [3.8, 4) is 0 Å².